The first kappa shape index (κ1) is 11.9. The molecule has 2 rings (SSSR count). The van der Waals surface area contributed by atoms with E-state index >= 15 is 0 Å². The maximum atomic E-state index is 10.0. The number of hydrogen-bond donors (Lipinski definition) is 2. The van der Waals surface area contributed by atoms with E-state index in [1.165, 1.54) is 0 Å². The summed E-state index contributed by atoms with van der Waals surface area (Å²) in [6.07, 6.45) is 0. The Morgan fingerprint density at radius 3 is 2.75 bits per heavy atom. The van der Waals surface area contributed by atoms with Gasteiger partial charge in [-0.3, -0.25) is 4.90 Å². The summed E-state index contributed by atoms with van der Waals surface area (Å²) < 4.78 is 0.770. The Hall–Kier alpha value is -0.580. The number of nitrogens with one attached hydrogen (secondary N) is 1. The lowest BCUT2D eigenvalue weighted by Crippen LogP contribution is -2.44. The van der Waals surface area contributed by atoms with Gasteiger partial charge in [0.15, 0.2) is 0 Å². The molecule has 0 amide bonds. The number of nitrogens with zero attached hydrogens (tertiary/aromatic N) is 1. The third-order valence-corrected chi connectivity index (χ3v) is 3.81. The van der Waals surface area contributed by atoms with Crippen LogP contribution >= 0.6 is 15.9 Å². The molecule has 3 nitrogen and oxygen atoms in total. The molecule has 0 aromatic heterocycles. The van der Waals surface area contributed by atoms with Gasteiger partial charge in [0, 0.05) is 37.8 Å². The Labute approximate surface area is 105 Å². The van der Waals surface area contributed by atoms with Crippen LogP contribution in [0.2, 0.25) is 0 Å². The zero-order chi connectivity index (χ0) is 11.5. The molecule has 1 aromatic rings. The molecule has 88 valence electrons. The Balaban J connectivity index is 2.19. The van der Waals surface area contributed by atoms with E-state index in [2.05, 4.69) is 33.1 Å². The second kappa shape index (κ2) is 5.17. The van der Waals surface area contributed by atoms with Crippen LogP contribution in [0.15, 0.2) is 22.7 Å². The van der Waals surface area contributed by atoms with Gasteiger partial charge in [-0.15, -0.1) is 0 Å². The molecule has 1 atom stereocenters. The van der Waals surface area contributed by atoms with E-state index in [0.29, 0.717) is 5.75 Å². The minimum Gasteiger partial charge on any atom is -0.506 e. The summed E-state index contributed by atoms with van der Waals surface area (Å²) in [5, 5.41) is 13.3. The fourth-order valence-electron chi connectivity index (χ4n) is 2.14. The highest BCUT2D eigenvalue weighted by Crippen LogP contribution is 2.34. The van der Waals surface area contributed by atoms with Gasteiger partial charge in [0.05, 0.1) is 4.47 Å². The van der Waals surface area contributed by atoms with Crippen LogP contribution in [-0.2, 0) is 0 Å². The van der Waals surface area contributed by atoms with Crippen LogP contribution in [0.25, 0.3) is 0 Å². The van der Waals surface area contributed by atoms with Crippen molar-refractivity contribution >= 4 is 15.9 Å². The maximum absolute atomic E-state index is 10.0. The molecule has 1 aliphatic rings. The molecular weight excluding hydrogens is 268 g/mol. The molecule has 1 saturated heterocycles. The average molecular weight is 285 g/mol. The summed E-state index contributed by atoms with van der Waals surface area (Å²) in [4.78, 5) is 2.39. The number of para-hydroxylation sites is 1. The molecule has 0 saturated carbocycles. The van der Waals surface area contributed by atoms with Crippen LogP contribution in [0.4, 0.5) is 0 Å². The van der Waals surface area contributed by atoms with Crippen molar-refractivity contribution in [3.05, 3.63) is 28.2 Å². The normalized spacial score (nSPS) is 19.6. The Morgan fingerprint density at radius 1 is 1.38 bits per heavy atom. The van der Waals surface area contributed by atoms with Crippen LogP contribution in [0.5, 0.6) is 5.75 Å². The summed E-state index contributed by atoms with van der Waals surface area (Å²) >= 11 is 3.36. The monoisotopic (exact) mass is 284 g/mol. The highest BCUT2D eigenvalue weighted by atomic mass is 79.9. The number of piperazine rings is 1. The lowest BCUT2D eigenvalue weighted by atomic mass is 10.1. The van der Waals surface area contributed by atoms with Gasteiger partial charge in [0.1, 0.15) is 5.75 Å². The average Bonchev–Trinajstić information content (AvgIpc) is 2.33. The Bertz CT molecular complexity index is 364. The number of phenolic OH excluding ortho intramolecular Hbond substituents is 1. The molecule has 2 N–H and O–H groups in total. The van der Waals surface area contributed by atoms with Crippen molar-refractivity contribution in [2.45, 2.75) is 13.0 Å². The lowest BCUT2D eigenvalue weighted by molar-refractivity contribution is 0.183. The molecule has 16 heavy (non-hydrogen) atoms. The molecule has 0 spiro atoms. The molecule has 1 fully saturated rings. The quantitative estimate of drug-likeness (QED) is 0.873. The third-order valence-electron chi connectivity index (χ3n) is 3.17. The van der Waals surface area contributed by atoms with Gasteiger partial charge < -0.3 is 10.4 Å². The molecule has 0 radical (unpaired) electrons. The van der Waals surface area contributed by atoms with E-state index < -0.39 is 0 Å². The third kappa shape index (κ3) is 2.39. The maximum Gasteiger partial charge on any atom is 0.134 e. The highest BCUT2D eigenvalue weighted by Gasteiger charge is 2.20. The first-order chi connectivity index (χ1) is 7.70. The molecule has 1 aromatic carbocycles. The molecular formula is C12H17BrN2O. The van der Waals surface area contributed by atoms with Crippen molar-refractivity contribution < 1.29 is 5.11 Å². The fraction of sp³-hybridized carbons (Fsp3) is 0.500. The Kier molecular flexibility index (Phi) is 3.84. The van der Waals surface area contributed by atoms with Crippen molar-refractivity contribution in [1.82, 2.24) is 10.2 Å². The number of hydrogen-bond acceptors (Lipinski definition) is 3. The predicted molar refractivity (Wildman–Crippen MR) is 68.7 cm³/mol. The van der Waals surface area contributed by atoms with Crippen LogP contribution in [0.3, 0.4) is 0 Å². The van der Waals surface area contributed by atoms with Crippen molar-refractivity contribution in [3.8, 4) is 5.75 Å². The van der Waals surface area contributed by atoms with Gasteiger partial charge >= 0.3 is 0 Å². The number of phenols is 1. The van der Waals surface area contributed by atoms with Crippen LogP contribution in [0, 0.1) is 0 Å². The molecule has 0 aliphatic carbocycles. The van der Waals surface area contributed by atoms with E-state index in [9.17, 15) is 5.11 Å². The van der Waals surface area contributed by atoms with Gasteiger partial charge in [0.25, 0.3) is 0 Å². The zero-order valence-corrected chi connectivity index (χ0v) is 11.0. The predicted octanol–water partition coefficient (Wildman–Crippen LogP) is 2.12. The van der Waals surface area contributed by atoms with Crippen molar-refractivity contribution in [2.24, 2.45) is 0 Å². The summed E-state index contributed by atoms with van der Waals surface area (Å²) in [5.74, 6) is 0.369. The van der Waals surface area contributed by atoms with Crippen molar-refractivity contribution in [1.29, 1.82) is 0 Å². The van der Waals surface area contributed by atoms with E-state index in [4.69, 9.17) is 0 Å². The molecule has 1 aliphatic heterocycles. The fourth-order valence-corrected chi connectivity index (χ4v) is 2.52. The summed E-state index contributed by atoms with van der Waals surface area (Å²) in [6.45, 7) is 6.27. The SMILES string of the molecule is C[C@H](c1cccc(Br)c1O)N1CCNCC1. The van der Waals surface area contributed by atoms with Gasteiger partial charge in [0.2, 0.25) is 0 Å². The van der Waals surface area contributed by atoms with Gasteiger partial charge in [-0.25, -0.2) is 0 Å². The highest BCUT2D eigenvalue weighted by molar-refractivity contribution is 9.10. The largest absolute Gasteiger partial charge is 0.506 e. The minimum atomic E-state index is 0.264. The van der Waals surface area contributed by atoms with Crippen molar-refractivity contribution in [2.75, 3.05) is 26.2 Å². The van der Waals surface area contributed by atoms with E-state index in [-0.39, 0.29) is 6.04 Å². The number of rotatable bonds is 2. The van der Waals surface area contributed by atoms with Crippen LogP contribution < -0.4 is 5.32 Å². The van der Waals surface area contributed by atoms with Gasteiger partial charge in [-0.1, -0.05) is 12.1 Å². The first-order valence-electron chi connectivity index (χ1n) is 5.62. The van der Waals surface area contributed by atoms with Gasteiger partial charge in [-0.2, -0.15) is 0 Å². The van der Waals surface area contributed by atoms with Crippen LogP contribution in [-0.4, -0.2) is 36.2 Å². The summed E-state index contributed by atoms with van der Waals surface area (Å²) in [6, 6.07) is 6.09. The van der Waals surface area contributed by atoms with E-state index in [0.717, 1.165) is 36.2 Å². The number of benzene rings is 1. The summed E-state index contributed by atoms with van der Waals surface area (Å²) in [7, 11) is 0. The van der Waals surface area contributed by atoms with E-state index in [1.807, 2.05) is 18.2 Å². The summed E-state index contributed by atoms with van der Waals surface area (Å²) in [5.41, 5.74) is 0.997. The second-order valence-corrected chi connectivity index (χ2v) is 4.99. The second-order valence-electron chi connectivity index (χ2n) is 4.14. The lowest BCUT2D eigenvalue weighted by Gasteiger charge is -2.33. The Morgan fingerprint density at radius 2 is 2.06 bits per heavy atom. The molecule has 1 heterocycles. The van der Waals surface area contributed by atoms with Crippen molar-refractivity contribution in [3.63, 3.8) is 0 Å². The molecule has 4 heteroatoms. The minimum absolute atomic E-state index is 0.264. The first-order valence-corrected chi connectivity index (χ1v) is 6.41. The van der Waals surface area contributed by atoms with E-state index in [1.54, 1.807) is 0 Å². The standard InChI is InChI=1S/C12H17BrN2O/c1-9(15-7-5-14-6-8-15)10-3-2-4-11(13)12(10)16/h2-4,9,14,16H,5-8H2,1H3/t9-/m1/s1. The molecule has 0 bridgehead atoms. The number of aromatic hydroxyl groups is 1. The van der Waals surface area contributed by atoms with Crippen LogP contribution in [0.1, 0.15) is 18.5 Å². The topological polar surface area (TPSA) is 35.5 Å². The number of halogens is 1. The molecule has 0 unspecified atom stereocenters. The smallest absolute Gasteiger partial charge is 0.134 e. The van der Waals surface area contributed by atoms with Gasteiger partial charge in [-0.05, 0) is 28.9 Å². The zero-order valence-electron chi connectivity index (χ0n) is 9.41.